The Morgan fingerprint density at radius 1 is 0.750 bits per heavy atom. The third-order valence-corrected chi connectivity index (χ3v) is 3.74. The maximum Gasteiger partial charge on any atom is 0.143 e. The second-order valence-electron chi connectivity index (χ2n) is 5.25. The van der Waals surface area contributed by atoms with Gasteiger partial charge in [0.2, 0.25) is 0 Å². The maximum atomic E-state index is 11.1. The van der Waals surface area contributed by atoms with Gasteiger partial charge in [-0.3, -0.25) is 4.79 Å². The monoisotopic (exact) mass is 264 g/mol. The van der Waals surface area contributed by atoms with Gasteiger partial charge in [-0.1, -0.05) is 36.4 Å². The lowest BCUT2D eigenvalue weighted by Crippen LogP contribution is -2.00. The summed E-state index contributed by atoms with van der Waals surface area (Å²) >= 11 is 0. The highest BCUT2D eigenvalue weighted by Gasteiger charge is 2.14. The fraction of sp³-hybridized carbons (Fsp3) is 0.211. The number of benzene rings is 2. The van der Waals surface area contributed by atoms with E-state index in [4.69, 9.17) is 0 Å². The molecule has 0 heterocycles. The van der Waals surface area contributed by atoms with Crippen LogP contribution in [0.3, 0.4) is 0 Å². The van der Waals surface area contributed by atoms with Gasteiger partial charge in [-0.25, -0.2) is 0 Å². The SMILES string of the molecule is Cc1cccc(C)c1C(=CC=O)c1c(C)cccc1C. The molecule has 0 aliphatic carbocycles. The summed E-state index contributed by atoms with van der Waals surface area (Å²) < 4.78 is 0. The van der Waals surface area contributed by atoms with Crippen molar-refractivity contribution in [3.05, 3.63) is 75.9 Å². The van der Waals surface area contributed by atoms with Crippen LogP contribution in [-0.2, 0) is 4.79 Å². The Morgan fingerprint density at radius 2 is 1.10 bits per heavy atom. The van der Waals surface area contributed by atoms with E-state index in [0.29, 0.717) is 0 Å². The first-order valence-corrected chi connectivity index (χ1v) is 6.85. The third kappa shape index (κ3) is 2.57. The Hall–Kier alpha value is -2.15. The molecule has 0 aromatic heterocycles. The standard InChI is InChI=1S/C19H20O/c1-13-7-5-8-14(2)18(13)17(11-12-20)19-15(3)9-6-10-16(19)4/h5-12H,1-4H3. The van der Waals surface area contributed by atoms with Crippen LogP contribution < -0.4 is 0 Å². The van der Waals surface area contributed by atoms with Gasteiger partial charge in [-0.15, -0.1) is 0 Å². The van der Waals surface area contributed by atoms with Crippen molar-refractivity contribution >= 4 is 11.9 Å². The highest BCUT2D eigenvalue weighted by molar-refractivity contribution is 5.93. The van der Waals surface area contributed by atoms with Crippen molar-refractivity contribution in [3.63, 3.8) is 0 Å². The second kappa shape index (κ2) is 5.87. The van der Waals surface area contributed by atoms with Gasteiger partial charge in [0.15, 0.2) is 0 Å². The minimum Gasteiger partial charge on any atom is -0.299 e. The molecule has 1 heteroatoms. The summed E-state index contributed by atoms with van der Waals surface area (Å²) in [4.78, 5) is 11.1. The molecule has 0 fully saturated rings. The minimum atomic E-state index is 0.882. The van der Waals surface area contributed by atoms with Crippen molar-refractivity contribution in [3.8, 4) is 0 Å². The lowest BCUT2D eigenvalue weighted by Gasteiger charge is -2.17. The van der Waals surface area contributed by atoms with Gasteiger partial charge in [0.05, 0.1) is 0 Å². The molecule has 0 N–H and O–H groups in total. The van der Waals surface area contributed by atoms with Crippen LogP contribution in [0.1, 0.15) is 33.4 Å². The summed E-state index contributed by atoms with van der Waals surface area (Å²) in [5.74, 6) is 0. The summed E-state index contributed by atoms with van der Waals surface area (Å²) in [7, 11) is 0. The van der Waals surface area contributed by atoms with E-state index in [0.717, 1.165) is 23.0 Å². The molecular weight excluding hydrogens is 244 g/mol. The van der Waals surface area contributed by atoms with Crippen molar-refractivity contribution in [2.75, 3.05) is 0 Å². The molecule has 0 unspecified atom stereocenters. The Morgan fingerprint density at radius 3 is 1.40 bits per heavy atom. The van der Waals surface area contributed by atoms with Gasteiger partial charge in [-0.2, -0.15) is 0 Å². The van der Waals surface area contributed by atoms with Crippen molar-refractivity contribution in [1.82, 2.24) is 0 Å². The first-order chi connectivity index (χ1) is 9.56. The van der Waals surface area contributed by atoms with E-state index >= 15 is 0 Å². The molecular formula is C19H20O. The predicted molar refractivity (Wildman–Crippen MR) is 85.0 cm³/mol. The number of hydrogen-bond acceptors (Lipinski definition) is 1. The first-order valence-electron chi connectivity index (χ1n) is 6.85. The minimum absolute atomic E-state index is 0.882. The molecule has 0 saturated carbocycles. The molecule has 0 saturated heterocycles. The van der Waals surface area contributed by atoms with E-state index in [9.17, 15) is 4.79 Å². The summed E-state index contributed by atoms with van der Waals surface area (Å²) in [6, 6.07) is 12.5. The molecule has 0 radical (unpaired) electrons. The number of hydrogen-bond donors (Lipinski definition) is 0. The van der Waals surface area contributed by atoms with Crippen LogP contribution in [-0.4, -0.2) is 6.29 Å². The third-order valence-electron chi connectivity index (χ3n) is 3.74. The zero-order chi connectivity index (χ0) is 14.7. The van der Waals surface area contributed by atoms with Crippen LogP contribution in [0.4, 0.5) is 0 Å². The van der Waals surface area contributed by atoms with Crippen molar-refractivity contribution in [2.24, 2.45) is 0 Å². The summed E-state index contributed by atoms with van der Waals surface area (Å²) in [5, 5.41) is 0. The average molecular weight is 264 g/mol. The van der Waals surface area contributed by atoms with Crippen LogP contribution in [0.5, 0.6) is 0 Å². The molecule has 0 bridgehead atoms. The van der Waals surface area contributed by atoms with Gasteiger partial charge >= 0.3 is 0 Å². The number of aryl methyl sites for hydroxylation is 4. The molecule has 0 spiro atoms. The topological polar surface area (TPSA) is 17.1 Å². The van der Waals surface area contributed by atoms with E-state index in [2.05, 4.69) is 64.1 Å². The molecule has 1 nitrogen and oxygen atoms in total. The van der Waals surface area contributed by atoms with Crippen molar-refractivity contribution < 1.29 is 4.79 Å². The van der Waals surface area contributed by atoms with Gasteiger partial charge in [-0.05, 0) is 72.7 Å². The van der Waals surface area contributed by atoms with E-state index in [1.54, 1.807) is 6.08 Å². The normalized spacial score (nSPS) is 10.2. The molecule has 20 heavy (non-hydrogen) atoms. The summed E-state index contributed by atoms with van der Waals surface area (Å²) in [6.45, 7) is 8.37. The molecule has 0 atom stereocenters. The Kier molecular flexibility index (Phi) is 4.19. The van der Waals surface area contributed by atoms with Crippen LogP contribution in [0.25, 0.3) is 5.57 Å². The fourth-order valence-electron chi connectivity index (χ4n) is 2.84. The van der Waals surface area contributed by atoms with Gasteiger partial charge < -0.3 is 0 Å². The smallest absolute Gasteiger partial charge is 0.143 e. The molecule has 0 aliphatic rings. The van der Waals surface area contributed by atoms with E-state index in [1.807, 2.05) is 0 Å². The van der Waals surface area contributed by atoms with E-state index in [-0.39, 0.29) is 0 Å². The van der Waals surface area contributed by atoms with Crippen LogP contribution in [0.15, 0.2) is 42.5 Å². The number of carbonyl (C=O) groups is 1. The Labute approximate surface area is 121 Å². The van der Waals surface area contributed by atoms with Crippen LogP contribution >= 0.6 is 0 Å². The van der Waals surface area contributed by atoms with Crippen LogP contribution in [0, 0.1) is 27.7 Å². The average Bonchev–Trinajstić information content (AvgIpc) is 2.38. The highest BCUT2D eigenvalue weighted by atomic mass is 16.1. The van der Waals surface area contributed by atoms with Crippen molar-refractivity contribution in [2.45, 2.75) is 27.7 Å². The molecule has 0 amide bonds. The van der Waals surface area contributed by atoms with E-state index in [1.165, 1.54) is 22.3 Å². The Balaban J connectivity index is 2.77. The number of carbonyl (C=O) groups excluding carboxylic acids is 1. The number of rotatable bonds is 3. The zero-order valence-corrected chi connectivity index (χ0v) is 12.5. The molecule has 0 aliphatic heterocycles. The van der Waals surface area contributed by atoms with E-state index < -0.39 is 0 Å². The molecule has 102 valence electrons. The molecule has 2 aromatic carbocycles. The molecule has 2 aromatic rings. The quantitative estimate of drug-likeness (QED) is 0.587. The second-order valence-corrected chi connectivity index (χ2v) is 5.25. The van der Waals surface area contributed by atoms with Gasteiger partial charge in [0.1, 0.15) is 6.29 Å². The Bertz CT molecular complexity index is 584. The van der Waals surface area contributed by atoms with Gasteiger partial charge in [0, 0.05) is 0 Å². The zero-order valence-electron chi connectivity index (χ0n) is 12.5. The summed E-state index contributed by atoms with van der Waals surface area (Å²) in [5.41, 5.74) is 8.13. The largest absolute Gasteiger partial charge is 0.299 e. The number of allylic oxidation sites excluding steroid dienone is 1. The fourth-order valence-corrected chi connectivity index (χ4v) is 2.84. The first kappa shape index (κ1) is 14.3. The lowest BCUT2D eigenvalue weighted by molar-refractivity contribution is -0.104. The maximum absolute atomic E-state index is 11.1. The lowest BCUT2D eigenvalue weighted by atomic mass is 9.86. The summed E-state index contributed by atoms with van der Waals surface area (Å²) in [6.07, 6.45) is 2.57. The highest BCUT2D eigenvalue weighted by Crippen LogP contribution is 2.32. The number of aldehydes is 1. The van der Waals surface area contributed by atoms with Crippen LogP contribution in [0.2, 0.25) is 0 Å². The predicted octanol–water partition coefficient (Wildman–Crippen LogP) is 4.55. The van der Waals surface area contributed by atoms with Crippen molar-refractivity contribution in [1.29, 1.82) is 0 Å². The molecule has 2 rings (SSSR count). The van der Waals surface area contributed by atoms with Gasteiger partial charge in [0.25, 0.3) is 0 Å².